The van der Waals surface area contributed by atoms with Gasteiger partial charge in [0.1, 0.15) is 5.75 Å². The highest BCUT2D eigenvalue weighted by Crippen LogP contribution is 2.30. The molecular formula is C27H33F3N4O4. The average Bonchev–Trinajstić information content (AvgIpc) is 3.14. The lowest BCUT2D eigenvalue weighted by molar-refractivity contribution is -0.208. The van der Waals surface area contributed by atoms with Crippen molar-refractivity contribution >= 4 is 16.8 Å². The Kier molecular flexibility index (Phi) is 8.17. The summed E-state index contributed by atoms with van der Waals surface area (Å²) in [7, 11) is 1.47. The minimum absolute atomic E-state index is 0.00119. The number of rotatable bonds is 8. The molecule has 1 aliphatic rings. The smallest absolute Gasteiger partial charge is 0.415 e. The highest BCUT2D eigenvalue weighted by molar-refractivity contribution is 6.08. The van der Waals surface area contributed by atoms with E-state index in [9.17, 15) is 27.9 Å². The Morgan fingerprint density at radius 1 is 1.24 bits per heavy atom. The molecule has 0 bridgehead atoms. The molecule has 1 aliphatic heterocycles. The fourth-order valence-electron chi connectivity index (χ4n) is 5.20. The van der Waals surface area contributed by atoms with Crippen molar-refractivity contribution in [3.8, 4) is 5.75 Å². The van der Waals surface area contributed by atoms with Gasteiger partial charge in [-0.2, -0.15) is 13.2 Å². The van der Waals surface area contributed by atoms with Crippen LogP contribution < -0.4 is 15.6 Å². The van der Waals surface area contributed by atoms with Gasteiger partial charge in [0.15, 0.2) is 6.10 Å². The maximum atomic E-state index is 13.4. The molecular weight excluding hydrogens is 501 g/mol. The molecule has 1 amide bonds. The van der Waals surface area contributed by atoms with Gasteiger partial charge >= 0.3 is 6.18 Å². The molecule has 3 N–H and O–H groups in total. The molecule has 11 heteroatoms. The lowest BCUT2D eigenvalue weighted by atomic mass is 9.96. The Hall–Kier alpha value is -3.31. The first kappa shape index (κ1) is 27.7. The number of amides is 1. The van der Waals surface area contributed by atoms with E-state index in [0.29, 0.717) is 55.0 Å². The second-order valence-electron chi connectivity index (χ2n) is 9.90. The zero-order valence-corrected chi connectivity index (χ0v) is 21.7. The van der Waals surface area contributed by atoms with Crippen molar-refractivity contribution in [1.82, 2.24) is 19.8 Å². The molecule has 0 saturated carbocycles. The van der Waals surface area contributed by atoms with Crippen LogP contribution in [-0.2, 0) is 13.1 Å². The van der Waals surface area contributed by atoms with Crippen molar-refractivity contribution < 1.29 is 27.8 Å². The van der Waals surface area contributed by atoms with Crippen molar-refractivity contribution in [2.24, 2.45) is 5.92 Å². The van der Waals surface area contributed by atoms with E-state index in [4.69, 9.17) is 4.74 Å². The Morgan fingerprint density at radius 2 is 1.92 bits per heavy atom. The van der Waals surface area contributed by atoms with E-state index < -0.39 is 18.8 Å². The molecule has 2 aromatic heterocycles. The first-order valence-corrected chi connectivity index (χ1v) is 12.6. The highest BCUT2D eigenvalue weighted by atomic mass is 19.4. The molecule has 8 nitrogen and oxygen atoms in total. The number of piperidine rings is 1. The van der Waals surface area contributed by atoms with E-state index in [1.54, 1.807) is 17.9 Å². The number of aromatic nitrogens is 2. The Bertz CT molecular complexity index is 1360. The number of ether oxygens (including phenoxy) is 1. The minimum atomic E-state index is -4.62. The predicted molar refractivity (Wildman–Crippen MR) is 137 cm³/mol. The molecule has 4 rings (SSSR count). The van der Waals surface area contributed by atoms with Crippen molar-refractivity contribution in [2.45, 2.75) is 52.1 Å². The number of hydrogen-bond donors (Lipinski definition) is 3. The number of aliphatic hydroxyl groups is 1. The normalized spacial score (nSPS) is 16.1. The summed E-state index contributed by atoms with van der Waals surface area (Å²) >= 11 is 0. The number of halogens is 3. The lowest BCUT2D eigenvalue weighted by Crippen LogP contribution is -2.44. The number of H-pyrrole nitrogens is 1. The molecule has 38 heavy (non-hydrogen) atoms. The van der Waals surface area contributed by atoms with E-state index in [2.05, 4.69) is 14.9 Å². The largest absolute Gasteiger partial charge is 0.496 e. The number of alkyl halides is 3. The zero-order chi connectivity index (χ0) is 27.6. The van der Waals surface area contributed by atoms with Gasteiger partial charge in [-0.05, 0) is 57.8 Å². The number of pyridine rings is 1. The van der Waals surface area contributed by atoms with Crippen LogP contribution >= 0.6 is 0 Å². The lowest BCUT2D eigenvalue weighted by Gasteiger charge is -2.34. The molecule has 1 saturated heterocycles. The van der Waals surface area contributed by atoms with Gasteiger partial charge in [-0.15, -0.1) is 0 Å². The van der Waals surface area contributed by atoms with Gasteiger partial charge in [0.25, 0.3) is 11.5 Å². The van der Waals surface area contributed by atoms with E-state index >= 15 is 0 Å². The molecule has 0 spiro atoms. The summed E-state index contributed by atoms with van der Waals surface area (Å²) in [5.74, 6) is 0.310. The van der Waals surface area contributed by atoms with Crippen LogP contribution in [0.15, 0.2) is 35.1 Å². The van der Waals surface area contributed by atoms with E-state index in [1.807, 2.05) is 31.2 Å². The van der Waals surface area contributed by atoms with Gasteiger partial charge in [-0.1, -0.05) is 18.2 Å². The number of aromatic amines is 1. The Morgan fingerprint density at radius 3 is 2.58 bits per heavy atom. The number of para-hydroxylation sites is 1. The Balaban J connectivity index is 1.49. The van der Waals surface area contributed by atoms with Crippen molar-refractivity contribution in [3.05, 3.63) is 63.2 Å². The monoisotopic (exact) mass is 534 g/mol. The number of aryl methyl sites for hydroxylation is 1. The third kappa shape index (κ3) is 5.88. The summed E-state index contributed by atoms with van der Waals surface area (Å²) in [5, 5.41) is 13.0. The number of methoxy groups -OCH3 is 1. The van der Waals surface area contributed by atoms with Crippen molar-refractivity contribution in [1.29, 1.82) is 0 Å². The third-order valence-corrected chi connectivity index (χ3v) is 7.29. The number of nitrogens with zero attached hydrogens (tertiary/aromatic N) is 2. The maximum absolute atomic E-state index is 13.4. The van der Waals surface area contributed by atoms with Gasteiger partial charge in [-0.3, -0.25) is 9.59 Å². The van der Waals surface area contributed by atoms with Gasteiger partial charge < -0.3 is 29.6 Å². The zero-order valence-electron chi connectivity index (χ0n) is 21.7. The van der Waals surface area contributed by atoms with Crippen LogP contribution in [-0.4, -0.2) is 64.5 Å². The summed E-state index contributed by atoms with van der Waals surface area (Å²) < 4.78 is 45.6. The molecule has 1 aromatic carbocycles. The predicted octanol–water partition coefficient (Wildman–Crippen LogP) is 3.52. The minimum Gasteiger partial charge on any atom is -0.496 e. The second kappa shape index (κ2) is 11.2. The van der Waals surface area contributed by atoms with Crippen LogP contribution in [0.5, 0.6) is 5.75 Å². The molecule has 206 valence electrons. The molecule has 3 aromatic rings. The number of carbonyl (C=O) groups excluding carboxylic acids is 1. The number of benzene rings is 1. The first-order valence-electron chi connectivity index (χ1n) is 12.6. The number of hydrogen-bond acceptors (Lipinski definition) is 5. The Labute approximate surface area is 218 Å². The molecule has 0 aliphatic carbocycles. The molecule has 1 atom stereocenters. The number of nitrogens with one attached hydrogen (secondary N) is 2. The standard InChI is InChI=1S/C27H33F3N4O4/c1-16-12-22(38-3)20(25(36)32-16)13-31-26(37)24-17(2)34(21-7-5-4-6-19(21)24)14-18-8-10-33(11-9-18)15-23(35)27(28,29)30/h4-7,12,18,23,35H,8-11,13-15H2,1-3H3,(H,31,37)(H,32,36). The molecule has 1 unspecified atom stereocenters. The van der Waals surface area contributed by atoms with Crippen LogP contribution in [0.2, 0.25) is 0 Å². The summed E-state index contributed by atoms with van der Waals surface area (Å²) in [4.78, 5) is 30.2. The van der Waals surface area contributed by atoms with Crippen LogP contribution in [0.25, 0.3) is 10.9 Å². The molecule has 3 heterocycles. The van der Waals surface area contributed by atoms with E-state index in [-0.39, 0.29) is 23.9 Å². The van der Waals surface area contributed by atoms with Gasteiger partial charge in [0.2, 0.25) is 0 Å². The van der Waals surface area contributed by atoms with Crippen LogP contribution in [0.3, 0.4) is 0 Å². The maximum Gasteiger partial charge on any atom is 0.415 e. The van der Waals surface area contributed by atoms with Gasteiger partial charge in [0.05, 0.1) is 24.8 Å². The molecule has 1 fully saturated rings. The third-order valence-electron chi connectivity index (χ3n) is 7.29. The summed E-state index contributed by atoms with van der Waals surface area (Å²) in [5.41, 5.74) is 2.86. The van der Waals surface area contributed by atoms with Crippen LogP contribution in [0.1, 0.15) is 40.2 Å². The van der Waals surface area contributed by atoms with E-state index in [1.165, 1.54) is 7.11 Å². The first-order chi connectivity index (χ1) is 18.0. The van der Waals surface area contributed by atoms with Crippen LogP contribution in [0, 0.1) is 19.8 Å². The average molecular weight is 535 g/mol. The number of β-amino-alcohol motifs (C(OH)–C–C–N with tert-alkyl or cyclic N) is 1. The molecule has 0 radical (unpaired) electrons. The number of aliphatic hydroxyl groups excluding tert-OH is 1. The van der Waals surface area contributed by atoms with Gasteiger partial charge in [0, 0.05) is 35.4 Å². The number of likely N-dealkylation sites (tertiary alicyclic amines) is 1. The topological polar surface area (TPSA) is 99.6 Å². The number of carbonyl (C=O) groups is 1. The summed E-state index contributed by atoms with van der Waals surface area (Å²) in [6.45, 7) is 4.77. The summed E-state index contributed by atoms with van der Waals surface area (Å²) in [6, 6.07) is 9.30. The fraction of sp³-hybridized carbons (Fsp3) is 0.481. The van der Waals surface area contributed by atoms with Crippen molar-refractivity contribution in [2.75, 3.05) is 26.7 Å². The highest BCUT2D eigenvalue weighted by Gasteiger charge is 2.39. The van der Waals surface area contributed by atoms with Crippen LogP contribution in [0.4, 0.5) is 13.2 Å². The fourth-order valence-corrected chi connectivity index (χ4v) is 5.20. The second-order valence-corrected chi connectivity index (χ2v) is 9.90. The summed E-state index contributed by atoms with van der Waals surface area (Å²) in [6.07, 6.45) is -5.58. The van der Waals surface area contributed by atoms with Crippen molar-refractivity contribution in [3.63, 3.8) is 0 Å². The van der Waals surface area contributed by atoms with E-state index in [0.717, 1.165) is 16.6 Å². The SMILES string of the molecule is COc1cc(C)[nH]c(=O)c1CNC(=O)c1c(C)n(CC2CCN(CC(O)C(F)(F)F)CC2)c2ccccc12. The quantitative estimate of drug-likeness (QED) is 0.411. The number of fused-ring (bicyclic) bond motifs is 1. The van der Waals surface area contributed by atoms with Gasteiger partial charge in [-0.25, -0.2) is 0 Å².